The molecule has 20 heavy (non-hydrogen) atoms. The van der Waals surface area contributed by atoms with E-state index in [0.717, 1.165) is 18.2 Å². The number of nitrogens with one attached hydrogen (secondary N) is 1. The Morgan fingerprint density at radius 3 is 2.25 bits per heavy atom. The topological polar surface area (TPSA) is 120 Å². The molecule has 1 heterocycles. The highest BCUT2D eigenvalue weighted by Gasteiger charge is 2.11. The van der Waals surface area contributed by atoms with E-state index < -0.39 is 11.9 Å². The molecule has 0 fully saturated rings. The van der Waals surface area contributed by atoms with Crippen LogP contribution in [0.1, 0.15) is 20.7 Å². The number of anilines is 1. The van der Waals surface area contributed by atoms with E-state index in [4.69, 9.17) is 5.11 Å². The van der Waals surface area contributed by atoms with Gasteiger partial charge in [-0.25, -0.2) is 9.78 Å². The lowest BCUT2D eigenvalue weighted by molar-refractivity contribution is 0.0696. The van der Waals surface area contributed by atoms with Crippen LogP contribution in [-0.2, 0) is 0 Å². The Morgan fingerprint density at radius 2 is 1.65 bits per heavy atom. The van der Waals surface area contributed by atoms with Crippen molar-refractivity contribution in [2.75, 3.05) is 5.32 Å². The van der Waals surface area contributed by atoms with Crippen molar-refractivity contribution in [3.63, 3.8) is 0 Å². The summed E-state index contributed by atoms with van der Waals surface area (Å²) in [6, 6.07) is 5.90. The molecule has 102 valence electrons. The summed E-state index contributed by atoms with van der Waals surface area (Å²) in [6.45, 7) is 0. The molecule has 0 spiro atoms. The lowest BCUT2D eigenvalue weighted by atomic mass is 10.2. The quantitative estimate of drug-likeness (QED) is 0.672. The van der Waals surface area contributed by atoms with Gasteiger partial charge in [-0.3, -0.25) is 4.79 Å². The number of carboxylic acids is 1. The van der Waals surface area contributed by atoms with E-state index in [1.807, 2.05) is 0 Å². The van der Waals surface area contributed by atoms with Crippen LogP contribution >= 0.6 is 0 Å². The third-order valence-corrected chi connectivity index (χ3v) is 2.41. The number of nitrogens with zero attached hydrogens (tertiary/aromatic N) is 1. The number of carboxylic acid groups (broad SMARTS) is 1. The number of aromatic hydroxyl groups is 2. The van der Waals surface area contributed by atoms with Crippen LogP contribution in [-0.4, -0.2) is 32.2 Å². The summed E-state index contributed by atoms with van der Waals surface area (Å²) < 4.78 is 0. The minimum Gasteiger partial charge on any atom is -0.508 e. The zero-order chi connectivity index (χ0) is 14.7. The van der Waals surface area contributed by atoms with Crippen molar-refractivity contribution in [3.8, 4) is 11.5 Å². The number of amides is 1. The second kappa shape index (κ2) is 5.27. The summed E-state index contributed by atoms with van der Waals surface area (Å²) in [6.07, 6.45) is 1.25. The van der Waals surface area contributed by atoms with E-state index in [1.165, 1.54) is 18.3 Å². The normalized spacial score (nSPS) is 10.0. The molecule has 0 bridgehead atoms. The Labute approximate surface area is 113 Å². The molecule has 1 amide bonds. The maximum atomic E-state index is 11.9. The average Bonchev–Trinajstić information content (AvgIpc) is 2.37. The Hall–Kier alpha value is -3.09. The van der Waals surface area contributed by atoms with Gasteiger partial charge in [0.05, 0.1) is 5.56 Å². The van der Waals surface area contributed by atoms with Gasteiger partial charge < -0.3 is 20.6 Å². The van der Waals surface area contributed by atoms with E-state index in [1.54, 1.807) is 0 Å². The van der Waals surface area contributed by atoms with Gasteiger partial charge in [-0.1, -0.05) is 0 Å². The first-order chi connectivity index (χ1) is 9.45. The molecule has 0 atom stereocenters. The van der Waals surface area contributed by atoms with Gasteiger partial charge >= 0.3 is 5.97 Å². The van der Waals surface area contributed by atoms with Crippen molar-refractivity contribution in [3.05, 3.63) is 47.7 Å². The maximum Gasteiger partial charge on any atom is 0.335 e. The van der Waals surface area contributed by atoms with Crippen molar-refractivity contribution in [2.45, 2.75) is 0 Å². The van der Waals surface area contributed by atoms with Gasteiger partial charge in [0.1, 0.15) is 17.3 Å². The summed E-state index contributed by atoms with van der Waals surface area (Å²) in [5, 5.41) is 29.8. The number of benzene rings is 1. The number of aromatic carboxylic acids is 1. The summed E-state index contributed by atoms with van der Waals surface area (Å²) in [7, 11) is 0. The van der Waals surface area contributed by atoms with Crippen LogP contribution in [0.2, 0.25) is 0 Å². The second-order valence-electron chi connectivity index (χ2n) is 3.93. The van der Waals surface area contributed by atoms with Crippen molar-refractivity contribution in [1.82, 2.24) is 4.98 Å². The van der Waals surface area contributed by atoms with Crippen LogP contribution in [0.4, 0.5) is 5.82 Å². The van der Waals surface area contributed by atoms with Crippen LogP contribution in [0.5, 0.6) is 11.5 Å². The smallest absolute Gasteiger partial charge is 0.335 e. The molecule has 4 N–H and O–H groups in total. The van der Waals surface area contributed by atoms with Gasteiger partial charge in [0.15, 0.2) is 0 Å². The van der Waals surface area contributed by atoms with Crippen LogP contribution in [0.3, 0.4) is 0 Å². The first-order valence-corrected chi connectivity index (χ1v) is 5.49. The van der Waals surface area contributed by atoms with Gasteiger partial charge in [-0.2, -0.15) is 0 Å². The Morgan fingerprint density at radius 1 is 1.00 bits per heavy atom. The number of pyridine rings is 1. The lowest BCUT2D eigenvalue weighted by Crippen LogP contribution is -2.13. The van der Waals surface area contributed by atoms with E-state index in [2.05, 4.69) is 10.3 Å². The monoisotopic (exact) mass is 274 g/mol. The van der Waals surface area contributed by atoms with Crippen molar-refractivity contribution < 1.29 is 24.9 Å². The average molecular weight is 274 g/mol. The third kappa shape index (κ3) is 3.02. The molecule has 1 aromatic heterocycles. The number of aromatic nitrogens is 1. The fourth-order valence-electron chi connectivity index (χ4n) is 1.55. The molecule has 0 aliphatic rings. The fourth-order valence-corrected chi connectivity index (χ4v) is 1.55. The van der Waals surface area contributed by atoms with E-state index >= 15 is 0 Å². The van der Waals surface area contributed by atoms with E-state index in [9.17, 15) is 19.8 Å². The Balaban J connectivity index is 2.23. The standard InChI is InChI=1S/C13H10N2O5/c16-9-3-8(4-10(17)6-9)12(18)15-11-5-7(13(19)20)1-2-14-11/h1-6,16-17H,(H,19,20)(H,14,15,18). The molecular formula is C13H10N2O5. The van der Waals surface area contributed by atoms with Gasteiger partial charge in [0.25, 0.3) is 5.91 Å². The van der Waals surface area contributed by atoms with Crippen LogP contribution in [0.25, 0.3) is 0 Å². The number of hydrogen-bond donors (Lipinski definition) is 4. The number of carbonyl (C=O) groups excluding carboxylic acids is 1. The molecule has 0 aliphatic carbocycles. The molecule has 0 saturated carbocycles. The maximum absolute atomic E-state index is 11.9. The first-order valence-electron chi connectivity index (χ1n) is 5.49. The molecule has 7 nitrogen and oxygen atoms in total. The number of carbonyl (C=O) groups is 2. The highest BCUT2D eigenvalue weighted by Crippen LogP contribution is 2.21. The predicted molar refractivity (Wildman–Crippen MR) is 68.9 cm³/mol. The van der Waals surface area contributed by atoms with Crippen molar-refractivity contribution in [1.29, 1.82) is 0 Å². The summed E-state index contributed by atoms with van der Waals surface area (Å²) in [5.41, 5.74) is -0.000848. The summed E-state index contributed by atoms with van der Waals surface area (Å²) in [4.78, 5) is 26.5. The zero-order valence-corrected chi connectivity index (χ0v) is 10.1. The predicted octanol–water partition coefficient (Wildman–Crippen LogP) is 1.44. The lowest BCUT2D eigenvalue weighted by Gasteiger charge is -2.06. The molecule has 0 aliphatic heterocycles. The SMILES string of the molecule is O=C(O)c1ccnc(NC(=O)c2cc(O)cc(O)c2)c1. The Bertz CT molecular complexity index is 664. The second-order valence-corrected chi connectivity index (χ2v) is 3.93. The number of phenols is 2. The molecule has 0 radical (unpaired) electrons. The van der Waals surface area contributed by atoms with Gasteiger partial charge in [-0.15, -0.1) is 0 Å². The van der Waals surface area contributed by atoms with Gasteiger partial charge in [0, 0.05) is 17.8 Å². The number of phenolic OH excluding ortho intramolecular Hbond substituents is 2. The molecule has 7 heteroatoms. The molecule has 1 aromatic carbocycles. The summed E-state index contributed by atoms with van der Waals surface area (Å²) in [5.74, 6) is -2.24. The molecule has 0 unspecified atom stereocenters. The minimum atomic E-state index is -1.14. The van der Waals surface area contributed by atoms with Crippen LogP contribution in [0, 0.1) is 0 Å². The number of hydrogen-bond acceptors (Lipinski definition) is 5. The van der Waals surface area contributed by atoms with Crippen molar-refractivity contribution in [2.24, 2.45) is 0 Å². The van der Waals surface area contributed by atoms with E-state index in [-0.39, 0.29) is 28.4 Å². The molecular weight excluding hydrogens is 264 g/mol. The Kier molecular flexibility index (Phi) is 3.52. The molecule has 2 aromatic rings. The third-order valence-electron chi connectivity index (χ3n) is 2.41. The molecule has 2 rings (SSSR count). The van der Waals surface area contributed by atoms with Crippen molar-refractivity contribution >= 4 is 17.7 Å². The van der Waals surface area contributed by atoms with E-state index in [0.29, 0.717) is 0 Å². The van der Waals surface area contributed by atoms with Gasteiger partial charge in [0.2, 0.25) is 0 Å². The number of rotatable bonds is 3. The van der Waals surface area contributed by atoms with Gasteiger partial charge in [-0.05, 0) is 24.3 Å². The largest absolute Gasteiger partial charge is 0.508 e. The minimum absolute atomic E-state index is 0.0185. The highest BCUT2D eigenvalue weighted by molar-refractivity contribution is 6.04. The summed E-state index contributed by atoms with van der Waals surface area (Å²) >= 11 is 0. The van der Waals surface area contributed by atoms with Crippen LogP contribution in [0.15, 0.2) is 36.5 Å². The van der Waals surface area contributed by atoms with Crippen LogP contribution < -0.4 is 5.32 Å². The molecule has 0 saturated heterocycles. The fraction of sp³-hybridized carbons (Fsp3) is 0. The first kappa shape index (κ1) is 13.3. The highest BCUT2D eigenvalue weighted by atomic mass is 16.4. The zero-order valence-electron chi connectivity index (χ0n) is 10.1.